The Kier molecular flexibility index (Phi) is 9.26. The van der Waals surface area contributed by atoms with Crippen LogP contribution in [0.15, 0.2) is 170 Å². The molecule has 75 heavy (non-hydrogen) atoms. The SMILES string of the molecule is Cc1ccc(N2c3ccc(C)cc3B3c4cc5c(cc4N(c4ccc(C)cc4)c4cc(-c6cc(C)ccc6C)cc2c43)Oc2cc(-c3cc(C)ccc3C)cc3c2B5c2cc(C)cc4c5cc(C)ccc5n-3c24)cc1. The Hall–Kier alpha value is -8.47. The van der Waals surface area contributed by atoms with Crippen LogP contribution in [0.4, 0.5) is 34.1 Å². The maximum atomic E-state index is 7.62. The zero-order chi connectivity index (χ0) is 50.9. The summed E-state index contributed by atoms with van der Waals surface area (Å²) < 4.78 is 10.2. The highest BCUT2D eigenvalue weighted by atomic mass is 16.5. The Labute approximate surface area is 440 Å². The standard InChI is InChI=1S/C69H55B2N3O/c1-38-12-20-49(21-13-38)72-60-25-17-43(6)30-55(60)70-56-36-57-65(37-61(56)73(50-22-14-39(2)15-23-50)63-33-47(32-62(72)67(63)70)51-26-40(3)10-18-45(51)8)75-66-35-48(52-27-41(4)11-19-46(52)9)34-64-68(66)71(57)58-31-44(7)29-54-53-28-42(5)16-24-59(53)74(64)69(54)58/h10-37H,1-9H3. The predicted molar refractivity (Wildman–Crippen MR) is 319 cm³/mol. The molecule has 358 valence electrons. The van der Waals surface area contributed by atoms with Crippen molar-refractivity contribution in [2.45, 2.75) is 62.3 Å². The second-order valence-corrected chi connectivity index (χ2v) is 22.4. The number of fused-ring (bicyclic) bond motifs is 11. The lowest BCUT2D eigenvalue weighted by Gasteiger charge is -2.45. The molecule has 10 aromatic carbocycles. The largest absolute Gasteiger partial charge is 0.458 e. The van der Waals surface area contributed by atoms with Crippen molar-refractivity contribution in [3.05, 3.63) is 220 Å². The quantitative estimate of drug-likeness (QED) is 0.164. The summed E-state index contributed by atoms with van der Waals surface area (Å²) in [7, 11) is 0. The van der Waals surface area contributed by atoms with Gasteiger partial charge in [-0.05, 0) is 201 Å². The van der Waals surface area contributed by atoms with E-state index in [2.05, 4.69) is 247 Å². The number of hydrogen-bond donors (Lipinski definition) is 0. The van der Waals surface area contributed by atoms with E-state index in [9.17, 15) is 0 Å². The molecule has 0 aliphatic carbocycles. The third-order valence-corrected chi connectivity index (χ3v) is 17.0. The first-order chi connectivity index (χ1) is 36.3. The molecule has 0 atom stereocenters. The van der Waals surface area contributed by atoms with Gasteiger partial charge in [-0.3, -0.25) is 0 Å². The van der Waals surface area contributed by atoms with E-state index < -0.39 is 0 Å². The predicted octanol–water partition coefficient (Wildman–Crippen LogP) is 13.9. The molecule has 15 rings (SSSR count). The van der Waals surface area contributed by atoms with E-state index in [-0.39, 0.29) is 13.4 Å². The summed E-state index contributed by atoms with van der Waals surface area (Å²) in [6, 6.07) is 65.6. The summed E-state index contributed by atoms with van der Waals surface area (Å²) in [4.78, 5) is 5.09. The van der Waals surface area contributed by atoms with E-state index >= 15 is 0 Å². The summed E-state index contributed by atoms with van der Waals surface area (Å²) in [5, 5.41) is 2.59. The van der Waals surface area contributed by atoms with Gasteiger partial charge in [-0.2, -0.15) is 0 Å². The van der Waals surface area contributed by atoms with Gasteiger partial charge >= 0.3 is 0 Å². The smallest absolute Gasteiger partial charge is 0.256 e. The van der Waals surface area contributed by atoms with Gasteiger partial charge in [0.2, 0.25) is 0 Å². The summed E-state index contributed by atoms with van der Waals surface area (Å²) >= 11 is 0. The van der Waals surface area contributed by atoms with Crippen molar-refractivity contribution in [3.63, 3.8) is 0 Å². The van der Waals surface area contributed by atoms with Gasteiger partial charge in [0.15, 0.2) is 0 Å². The van der Waals surface area contributed by atoms with Gasteiger partial charge in [-0.25, -0.2) is 0 Å². The lowest BCUT2D eigenvalue weighted by Crippen LogP contribution is -2.64. The number of rotatable bonds is 4. The molecule has 0 saturated heterocycles. The molecule has 0 fully saturated rings. The fourth-order valence-corrected chi connectivity index (χ4v) is 13.5. The van der Waals surface area contributed by atoms with E-state index in [0.717, 1.165) is 34.1 Å². The number of anilines is 6. The van der Waals surface area contributed by atoms with Crippen molar-refractivity contribution in [1.82, 2.24) is 4.57 Å². The molecule has 4 nitrogen and oxygen atoms in total. The monoisotopic (exact) mass is 963 g/mol. The van der Waals surface area contributed by atoms with Crippen LogP contribution in [0.25, 0.3) is 49.7 Å². The van der Waals surface area contributed by atoms with Crippen molar-refractivity contribution >= 4 is 102 Å². The lowest BCUT2D eigenvalue weighted by atomic mass is 9.30. The van der Waals surface area contributed by atoms with Crippen molar-refractivity contribution < 1.29 is 4.74 Å². The molecule has 6 heteroatoms. The van der Waals surface area contributed by atoms with Crippen LogP contribution in [0.1, 0.15) is 50.1 Å². The van der Waals surface area contributed by atoms with Crippen LogP contribution >= 0.6 is 0 Å². The van der Waals surface area contributed by atoms with Gasteiger partial charge < -0.3 is 19.1 Å². The summed E-state index contributed by atoms with van der Waals surface area (Å²) in [6.07, 6.45) is 0. The first-order valence-corrected chi connectivity index (χ1v) is 26.6. The van der Waals surface area contributed by atoms with Gasteiger partial charge in [0, 0.05) is 62.2 Å². The van der Waals surface area contributed by atoms with E-state index in [1.54, 1.807) is 0 Å². The van der Waals surface area contributed by atoms with Crippen LogP contribution in [0.3, 0.4) is 0 Å². The Bertz CT molecular complexity index is 4340. The fourth-order valence-electron chi connectivity index (χ4n) is 13.5. The van der Waals surface area contributed by atoms with Gasteiger partial charge in [0.05, 0.1) is 5.52 Å². The summed E-state index contributed by atoms with van der Waals surface area (Å²) in [6.45, 7) is 19.8. The Morgan fingerprint density at radius 3 is 1.51 bits per heavy atom. The topological polar surface area (TPSA) is 20.6 Å². The average Bonchev–Trinajstić information content (AvgIpc) is 3.72. The highest BCUT2D eigenvalue weighted by Crippen LogP contribution is 2.49. The zero-order valence-electron chi connectivity index (χ0n) is 44.1. The molecule has 0 spiro atoms. The molecular formula is C69H55B2N3O. The normalized spacial score (nSPS) is 13.4. The average molecular weight is 964 g/mol. The first kappa shape index (κ1) is 44.1. The maximum absolute atomic E-state index is 7.62. The molecule has 1 aromatic heterocycles. The number of nitrogens with zero attached hydrogens (tertiary/aromatic N) is 3. The van der Waals surface area contributed by atoms with E-state index in [0.29, 0.717) is 0 Å². The summed E-state index contributed by atoms with van der Waals surface area (Å²) in [5.74, 6) is 1.82. The summed E-state index contributed by atoms with van der Waals surface area (Å²) in [5.41, 5.74) is 34.4. The fraction of sp³-hybridized carbons (Fsp3) is 0.130. The molecule has 11 aromatic rings. The van der Waals surface area contributed by atoms with Crippen LogP contribution < -0.4 is 47.3 Å². The van der Waals surface area contributed by atoms with E-state index in [1.807, 2.05) is 0 Å². The maximum Gasteiger partial charge on any atom is 0.256 e. The molecule has 4 aliphatic heterocycles. The minimum Gasteiger partial charge on any atom is -0.458 e. The molecule has 4 aliphatic rings. The van der Waals surface area contributed by atoms with Crippen molar-refractivity contribution in [2.75, 3.05) is 9.80 Å². The van der Waals surface area contributed by atoms with E-state index in [1.165, 1.54) is 144 Å². The minimum absolute atomic E-state index is 0.0793. The second-order valence-electron chi connectivity index (χ2n) is 22.4. The number of aromatic nitrogens is 1. The molecule has 0 bridgehead atoms. The number of aryl methyl sites for hydroxylation is 9. The minimum atomic E-state index is -0.0815. The molecule has 0 unspecified atom stereocenters. The Morgan fingerprint density at radius 1 is 0.333 bits per heavy atom. The van der Waals surface area contributed by atoms with Crippen LogP contribution in [-0.2, 0) is 0 Å². The number of ether oxygens (including phenoxy) is 1. The molecule has 5 heterocycles. The van der Waals surface area contributed by atoms with Gasteiger partial charge in [0.1, 0.15) is 11.5 Å². The third-order valence-electron chi connectivity index (χ3n) is 17.0. The highest BCUT2D eigenvalue weighted by molar-refractivity contribution is 7.02. The van der Waals surface area contributed by atoms with Gasteiger partial charge in [0.25, 0.3) is 13.4 Å². The van der Waals surface area contributed by atoms with Crippen LogP contribution in [0.2, 0.25) is 0 Å². The molecule has 0 saturated carbocycles. The van der Waals surface area contributed by atoms with Gasteiger partial charge in [-0.1, -0.05) is 130 Å². The van der Waals surface area contributed by atoms with Crippen molar-refractivity contribution in [3.8, 4) is 39.4 Å². The Morgan fingerprint density at radius 2 is 0.840 bits per heavy atom. The molecule has 0 radical (unpaired) electrons. The molecule has 0 amide bonds. The highest BCUT2D eigenvalue weighted by Gasteiger charge is 2.47. The molecular weight excluding hydrogens is 908 g/mol. The number of benzene rings is 10. The van der Waals surface area contributed by atoms with Gasteiger partial charge in [-0.15, -0.1) is 0 Å². The molecule has 0 N–H and O–H groups in total. The van der Waals surface area contributed by atoms with Crippen LogP contribution in [-0.4, -0.2) is 18.0 Å². The zero-order valence-corrected chi connectivity index (χ0v) is 44.1. The van der Waals surface area contributed by atoms with Crippen molar-refractivity contribution in [2.24, 2.45) is 0 Å². The van der Waals surface area contributed by atoms with Crippen LogP contribution in [0, 0.1) is 62.3 Å². The van der Waals surface area contributed by atoms with E-state index in [4.69, 9.17) is 4.74 Å². The van der Waals surface area contributed by atoms with Crippen LogP contribution in [0.5, 0.6) is 11.5 Å². The van der Waals surface area contributed by atoms with Crippen molar-refractivity contribution in [1.29, 1.82) is 0 Å². The Balaban J connectivity index is 1.07. The first-order valence-electron chi connectivity index (χ1n) is 26.6. The lowest BCUT2D eigenvalue weighted by molar-refractivity contribution is 0.487. The third kappa shape index (κ3) is 6.38. The second kappa shape index (κ2) is 15.8. The number of hydrogen-bond acceptors (Lipinski definition) is 3.